The number of benzene rings is 3. The molecule has 45 heavy (non-hydrogen) atoms. The van der Waals surface area contributed by atoms with Crippen molar-refractivity contribution in [3.05, 3.63) is 108 Å². The highest BCUT2D eigenvalue weighted by molar-refractivity contribution is 6.05. The van der Waals surface area contributed by atoms with Gasteiger partial charge < -0.3 is 30.9 Å². The molecule has 1 aromatic heterocycles. The van der Waals surface area contributed by atoms with Crippen LogP contribution in [0.4, 0.5) is 11.4 Å². The number of para-hydroxylation sites is 3. The smallest absolute Gasteiger partial charge is 0.286 e. The van der Waals surface area contributed by atoms with Crippen LogP contribution in [0.15, 0.2) is 90.8 Å². The van der Waals surface area contributed by atoms with E-state index >= 15 is 0 Å². The Labute approximate surface area is 261 Å². The maximum atomic E-state index is 13.5. The van der Waals surface area contributed by atoms with Gasteiger partial charge in [0.1, 0.15) is 0 Å². The Morgan fingerprint density at radius 3 is 2.44 bits per heavy atom. The lowest BCUT2D eigenvalue weighted by atomic mass is 9.80. The zero-order chi connectivity index (χ0) is 31.9. The van der Waals surface area contributed by atoms with Gasteiger partial charge in [-0.2, -0.15) is 0 Å². The molecule has 1 aliphatic heterocycles. The molecule has 0 fully saturated rings. The van der Waals surface area contributed by atoms with E-state index in [-0.39, 0.29) is 42.6 Å². The first-order valence-electron chi connectivity index (χ1n) is 15.1. The van der Waals surface area contributed by atoms with Gasteiger partial charge >= 0.3 is 0 Å². The molecule has 4 aromatic rings. The molecule has 0 bridgehead atoms. The Kier molecular flexibility index (Phi) is 9.96. The predicted octanol–water partition coefficient (Wildman–Crippen LogP) is 5.20. The minimum absolute atomic E-state index is 0.00902. The van der Waals surface area contributed by atoms with Crippen LogP contribution < -0.4 is 16.4 Å². The van der Waals surface area contributed by atoms with E-state index in [1.165, 1.54) is 6.92 Å². The molecule has 5 rings (SSSR count). The first-order chi connectivity index (χ1) is 21.8. The van der Waals surface area contributed by atoms with Gasteiger partial charge in [-0.05, 0) is 67.3 Å². The number of aromatic nitrogens is 1. The third-order valence-electron chi connectivity index (χ3n) is 7.95. The molecular weight excluding hydrogens is 572 g/mol. The van der Waals surface area contributed by atoms with Crippen LogP contribution in [0.1, 0.15) is 58.9 Å². The number of nitrogen functional groups attached to an aromatic ring is 1. The number of amides is 2. The van der Waals surface area contributed by atoms with Crippen molar-refractivity contribution in [3.63, 3.8) is 0 Å². The largest absolute Gasteiger partial charge is 0.459 e. The standard InChI is InChI=1S/C35H38N4O6/c1-3-44-35-26(10-8-18-40)27(28-21-39(22(2)41)31-13-7-4-9-25(28)31)19-32(45-35)34(43)37-20-23-14-16-24(17-15-23)33(42)38-30-12-6-5-11-29(30)36/h4-7,9,11-17,19,21,26-27,35,40H,3,8,10,18,20,36H2,1-2H3,(H,37,43)(H,38,42)/t26-,27+,35-/m0/s1. The van der Waals surface area contributed by atoms with Gasteiger partial charge in [0.25, 0.3) is 11.8 Å². The van der Waals surface area contributed by atoms with Crippen LogP contribution in [0.3, 0.4) is 0 Å². The number of hydrogen-bond donors (Lipinski definition) is 4. The zero-order valence-corrected chi connectivity index (χ0v) is 25.4. The zero-order valence-electron chi connectivity index (χ0n) is 25.4. The molecule has 0 spiro atoms. The summed E-state index contributed by atoms with van der Waals surface area (Å²) in [7, 11) is 0. The van der Waals surface area contributed by atoms with Crippen LogP contribution >= 0.6 is 0 Å². The summed E-state index contributed by atoms with van der Waals surface area (Å²) in [6, 6.07) is 21.6. The number of aliphatic hydroxyl groups excluding tert-OH is 1. The summed E-state index contributed by atoms with van der Waals surface area (Å²) in [5, 5.41) is 16.2. The number of anilines is 2. The number of carbonyl (C=O) groups is 3. The topological polar surface area (TPSA) is 145 Å². The normalized spacial score (nSPS) is 17.8. The molecule has 5 N–H and O–H groups in total. The molecule has 0 radical (unpaired) electrons. The molecule has 3 atom stereocenters. The highest BCUT2D eigenvalue weighted by Crippen LogP contribution is 2.42. The fraction of sp³-hybridized carbons (Fsp3) is 0.286. The second-order valence-corrected chi connectivity index (χ2v) is 10.9. The number of hydrogen-bond acceptors (Lipinski definition) is 7. The van der Waals surface area contributed by atoms with Crippen LogP contribution in [-0.4, -0.2) is 46.9 Å². The van der Waals surface area contributed by atoms with E-state index < -0.39 is 12.2 Å². The fourth-order valence-corrected chi connectivity index (χ4v) is 5.70. The summed E-state index contributed by atoms with van der Waals surface area (Å²) in [5.74, 6) is -1.22. The van der Waals surface area contributed by atoms with E-state index in [2.05, 4.69) is 10.6 Å². The lowest BCUT2D eigenvalue weighted by Gasteiger charge is -2.36. The number of rotatable bonds is 11. The number of ether oxygens (including phenoxy) is 2. The van der Waals surface area contributed by atoms with Gasteiger partial charge in [-0.25, -0.2) is 0 Å². The van der Waals surface area contributed by atoms with Crippen LogP contribution in [-0.2, 0) is 20.8 Å². The predicted molar refractivity (Wildman–Crippen MR) is 172 cm³/mol. The average molecular weight is 611 g/mol. The van der Waals surface area contributed by atoms with Crippen LogP contribution in [0.2, 0.25) is 0 Å². The Balaban J connectivity index is 1.36. The molecule has 0 saturated carbocycles. The number of allylic oxidation sites excluding steroid dienone is 1. The van der Waals surface area contributed by atoms with E-state index in [0.717, 1.165) is 22.0 Å². The highest BCUT2D eigenvalue weighted by Gasteiger charge is 2.39. The van der Waals surface area contributed by atoms with Crippen molar-refractivity contribution in [1.29, 1.82) is 0 Å². The molecule has 3 aromatic carbocycles. The van der Waals surface area contributed by atoms with Crippen LogP contribution in [0, 0.1) is 5.92 Å². The molecule has 0 saturated heterocycles. The van der Waals surface area contributed by atoms with Crippen molar-refractivity contribution in [2.75, 3.05) is 24.3 Å². The monoisotopic (exact) mass is 610 g/mol. The second kappa shape index (κ2) is 14.2. The van der Waals surface area contributed by atoms with Crippen molar-refractivity contribution in [2.45, 2.75) is 45.4 Å². The minimum Gasteiger partial charge on any atom is -0.459 e. The fourth-order valence-electron chi connectivity index (χ4n) is 5.70. The molecule has 0 aliphatic carbocycles. The Morgan fingerprint density at radius 1 is 1.00 bits per heavy atom. The van der Waals surface area contributed by atoms with E-state index in [1.54, 1.807) is 59.2 Å². The van der Waals surface area contributed by atoms with E-state index in [1.807, 2.05) is 37.4 Å². The lowest BCUT2D eigenvalue weighted by Crippen LogP contribution is -2.39. The first-order valence-corrected chi connectivity index (χ1v) is 15.1. The summed E-state index contributed by atoms with van der Waals surface area (Å²) < 4.78 is 13.7. The lowest BCUT2D eigenvalue weighted by molar-refractivity contribution is -0.166. The van der Waals surface area contributed by atoms with Crippen molar-refractivity contribution >= 4 is 40.0 Å². The third kappa shape index (κ3) is 7.08. The Hall–Kier alpha value is -4.93. The van der Waals surface area contributed by atoms with E-state index in [4.69, 9.17) is 15.2 Å². The molecule has 0 unspecified atom stereocenters. The van der Waals surface area contributed by atoms with Gasteiger partial charge in [-0.15, -0.1) is 0 Å². The molecule has 1 aliphatic rings. The van der Waals surface area contributed by atoms with Gasteiger partial charge in [0.05, 0.1) is 16.9 Å². The summed E-state index contributed by atoms with van der Waals surface area (Å²) in [5.41, 5.74) is 9.85. The number of carbonyl (C=O) groups excluding carboxylic acids is 3. The van der Waals surface area contributed by atoms with Crippen LogP contribution in [0.5, 0.6) is 0 Å². The molecule has 2 amide bonds. The Bertz CT molecular complexity index is 1710. The Morgan fingerprint density at radius 2 is 1.73 bits per heavy atom. The minimum atomic E-state index is -0.729. The number of nitrogens with zero attached hydrogens (tertiary/aromatic N) is 1. The maximum absolute atomic E-state index is 13.5. The molecule has 10 heteroatoms. The van der Waals surface area contributed by atoms with Crippen molar-refractivity contribution in [1.82, 2.24) is 9.88 Å². The number of fused-ring (bicyclic) bond motifs is 1. The van der Waals surface area contributed by atoms with Crippen molar-refractivity contribution < 1.29 is 29.0 Å². The van der Waals surface area contributed by atoms with E-state index in [9.17, 15) is 19.5 Å². The molecule has 2 heterocycles. The average Bonchev–Trinajstić information content (AvgIpc) is 3.44. The summed E-state index contributed by atoms with van der Waals surface area (Å²) in [4.78, 5) is 38.7. The van der Waals surface area contributed by atoms with Gasteiger partial charge in [0.2, 0.25) is 12.2 Å². The van der Waals surface area contributed by atoms with Gasteiger partial charge in [-0.3, -0.25) is 19.0 Å². The molecule has 10 nitrogen and oxygen atoms in total. The van der Waals surface area contributed by atoms with Gasteiger partial charge in [-0.1, -0.05) is 42.5 Å². The van der Waals surface area contributed by atoms with Gasteiger partial charge in [0, 0.05) is 55.7 Å². The van der Waals surface area contributed by atoms with Crippen molar-refractivity contribution in [3.8, 4) is 0 Å². The molecule has 234 valence electrons. The summed E-state index contributed by atoms with van der Waals surface area (Å²) >= 11 is 0. The maximum Gasteiger partial charge on any atom is 0.286 e. The SMILES string of the molecule is CCO[C@H]1OC(C(=O)NCc2ccc(C(=O)Nc3ccccc3N)cc2)=C[C@@H](c2cn(C(C)=O)c3ccccc23)[C@@H]1CCCO. The number of nitrogens with one attached hydrogen (secondary N) is 2. The van der Waals surface area contributed by atoms with Crippen molar-refractivity contribution in [2.24, 2.45) is 5.92 Å². The summed E-state index contributed by atoms with van der Waals surface area (Å²) in [6.45, 7) is 3.96. The number of aliphatic hydroxyl groups is 1. The van der Waals surface area contributed by atoms with E-state index in [0.29, 0.717) is 36.4 Å². The molecular formula is C35H38N4O6. The second-order valence-electron chi connectivity index (χ2n) is 10.9. The number of nitrogens with two attached hydrogens (primary N) is 1. The van der Waals surface area contributed by atoms with Crippen LogP contribution in [0.25, 0.3) is 10.9 Å². The highest BCUT2D eigenvalue weighted by atomic mass is 16.7. The third-order valence-corrected chi connectivity index (χ3v) is 7.95. The quantitative estimate of drug-likeness (QED) is 0.171. The summed E-state index contributed by atoms with van der Waals surface area (Å²) in [6.07, 6.45) is 4.01. The van der Waals surface area contributed by atoms with Gasteiger partial charge in [0.15, 0.2) is 5.76 Å². The first kappa shape index (κ1) is 31.5.